The number of anilines is 2. The molecule has 0 saturated carbocycles. The summed E-state index contributed by atoms with van der Waals surface area (Å²) in [6, 6.07) is 9.41. The lowest BCUT2D eigenvalue weighted by Crippen LogP contribution is -2.63. The molecule has 0 aliphatic heterocycles. The predicted molar refractivity (Wildman–Crippen MR) is 166 cm³/mol. The standard InChI is InChI=1S/C32H36N6O8/c1-37(2)20-14-19(35-11-10-21(39)15-8-6-5-7-9-15)28(46-34)23-17(20)12-16-13-18-25(38(3)4)27(41)24(31(44)36-33)30(43)32(18,45)29(42)22(16)26(23)40/h5-9,14,16,18,25,33,35,41-42,45H,10-13,34H2,1-4H3/t16-,18-,25-,32-/m0/s1. The maximum atomic E-state index is 14.3. The van der Waals surface area contributed by atoms with Crippen molar-refractivity contribution in [1.29, 1.82) is 5.53 Å². The molecule has 0 bridgehead atoms. The van der Waals surface area contributed by atoms with Crippen LogP contribution >= 0.6 is 0 Å². The van der Waals surface area contributed by atoms with Crippen molar-refractivity contribution in [3.8, 4) is 5.75 Å². The fourth-order valence-electron chi connectivity index (χ4n) is 7.04. The Bertz CT molecular complexity index is 1720. The van der Waals surface area contributed by atoms with E-state index in [0.29, 0.717) is 22.5 Å². The molecule has 0 fully saturated rings. The fraction of sp³-hybridized carbons (Fsp3) is 0.375. The summed E-state index contributed by atoms with van der Waals surface area (Å²) in [5, 5.41) is 40.5. The number of carbonyl (C=O) groups is 4. The van der Waals surface area contributed by atoms with Gasteiger partial charge in [-0.2, -0.15) is 5.90 Å². The molecule has 242 valence electrons. The summed E-state index contributed by atoms with van der Waals surface area (Å²) in [5.74, 6) is -1.37. The number of amides is 1. The van der Waals surface area contributed by atoms with Crippen LogP contribution in [0.5, 0.6) is 5.75 Å². The molecule has 5 rings (SSSR count). The number of aliphatic hydroxyl groups excluding tert-OH is 2. The second kappa shape index (κ2) is 12.1. The van der Waals surface area contributed by atoms with Crippen molar-refractivity contribution < 1.29 is 39.3 Å². The molecule has 0 unspecified atom stereocenters. The van der Waals surface area contributed by atoms with E-state index in [-0.39, 0.29) is 48.5 Å². The molecule has 46 heavy (non-hydrogen) atoms. The van der Waals surface area contributed by atoms with E-state index >= 15 is 0 Å². The maximum absolute atomic E-state index is 14.3. The Hall–Kier alpha value is -4.92. The normalized spacial score (nSPS) is 23.8. The number of rotatable bonds is 9. The highest BCUT2D eigenvalue weighted by Gasteiger charge is 2.63. The van der Waals surface area contributed by atoms with Gasteiger partial charge in [-0.15, -0.1) is 5.11 Å². The molecule has 1 amide bonds. The molecule has 3 aliphatic rings. The van der Waals surface area contributed by atoms with Crippen LogP contribution < -0.4 is 21.0 Å². The first-order chi connectivity index (χ1) is 21.8. The van der Waals surface area contributed by atoms with E-state index in [1.54, 1.807) is 63.4 Å². The van der Waals surface area contributed by atoms with Gasteiger partial charge in [-0.3, -0.25) is 24.1 Å². The molecule has 7 N–H and O–H groups in total. The van der Waals surface area contributed by atoms with Crippen molar-refractivity contribution in [3.05, 3.63) is 75.8 Å². The molecule has 14 heteroatoms. The number of allylic oxidation sites excluding steroid dienone is 1. The second-order valence-corrected chi connectivity index (χ2v) is 12.1. The summed E-state index contributed by atoms with van der Waals surface area (Å²) < 4.78 is 0. The molecule has 3 aliphatic carbocycles. The topological polar surface area (TPSA) is 219 Å². The lowest BCUT2D eigenvalue weighted by atomic mass is 9.58. The Balaban J connectivity index is 1.60. The van der Waals surface area contributed by atoms with Crippen LogP contribution in [0.15, 0.2) is 64.2 Å². The average Bonchev–Trinajstić information content (AvgIpc) is 3.02. The number of ketones is 3. The van der Waals surface area contributed by atoms with E-state index in [4.69, 9.17) is 16.3 Å². The molecule has 0 aromatic heterocycles. The highest BCUT2D eigenvalue weighted by Crippen LogP contribution is 2.54. The molecule has 2 aromatic carbocycles. The number of hydrogen-bond acceptors (Lipinski definition) is 13. The van der Waals surface area contributed by atoms with Gasteiger partial charge >= 0.3 is 5.91 Å². The summed E-state index contributed by atoms with van der Waals surface area (Å²) in [6.07, 6.45) is 0.281. The Morgan fingerprint density at radius 2 is 1.83 bits per heavy atom. The zero-order chi connectivity index (χ0) is 33.7. The fourth-order valence-corrected chi connectivity index (χ4v) is 7.04. The number of Topliss-reactive ketones (excluding diaryl/α,β-unsaturated/α-hetero) is 3. The first-order valence-corrected chi connectivity index (χ1v) is 14.6. The van der Waals surface area contributed by atoms with Gasteiger partial charge in [0, 0.05) is 49.8 Å². The van der Waals surface area contributed by atoms with Crippen LogP contribution in [0.3, 0.4) is 0 Å². The van der Waals surface area contributed by atoms with Crippen LogP contribution in [0.25, 0.3) is 0 Å². The summed E-state index contributed by atoms with van der Waals surface area (Å²) in [5.41, 5.74) is 5.26. The third kappa shape index (κ3) is 4.94. The predicted octanol–water partition coefficient (Wildman–Crippen LogP) is 2.49. The lowest BCUT2D eigenvalue weighted by molar-refractivity contribution is -0.148. The number of nitrogens with zero attached hydrogens (tertiary/aromatic N) is 3. The van der Waals surface area contributed by atoms with E-state index in [2.05, 4.69) is 10.4 Å². The minimum Gasteiger partial charge on any atom is -0.510 e. The van der Waals surface area contributed by atoms with Gasteiger partial charge in [0.25, 0.3) is 0 Å². The van der Waals surface area contributed by atoms with Crippen LogP contribution in [0.2, 0.25) is 0 Å². The van der Waals surface area contributed by atoms with Crippen LogP contribution in [-0.2, 0) is 16.0 Å². The van der Waals surface area contributed by atoms with Crippen molar-refractivity contribution in [2.24, 2.45) is 22.8 Å². The smallest absolute Gasteiger partial charge is 0.302 e. The van der Waals surface area contributed by atoms with Crippen molar-refractivity contribution in [2.75, 3.05) is 45.0 Å². The van der Waals surface area contributed by atoms with Crippen LogP contribution in [0.4, 0.5) is 11.4 Å². The van der Waals surface area contributed by atoms with Crippen LogP contribution in [0.1, 0.15) is 39.1 Å². The second-order valence-electron chi connectivity index (χ2n) is 12.1. The van der Waals surface area contributed by atoms with E-state index in [9.17, 15) is 34.5 Å². The molecular weight excluding hydrogens is 596 g/mol. The molecule has 0 spiro atoms. The SMILES string of the molecule is CN(C)c1cc(NCCC(=O)c2ccccc2)c(ON)c2c1C[C@H]1C[C@H]3[C@H](N(C)C)C(O)=C(C(=O)N=N)C(=O)[C@@]3(O)C(O)=C1C2=O. The summed E-state index contributed by atoms with van der Waals surface area (Å²) in [7, 11) is 6.70. The lowest BCUT2D eigenvalue weighted by Gasteiger charge is -2.50. The first-order valence-electron chi connectivity index (χ1n) is 14.6. The Kier molecular flexibility index (Phi) is 8.55. The van der Waals surface area contributed by atoms with E-state index in [0.717, 1.165) is 0 Å². The molecule has 0 heterocycles. The van der Waals surface area contributed by atoms with E-state index in [1.165, 1.54) is 4.90 Å². The Morgan fingerprint density at radius 1 is 1.15 bits per heavy atom. The largest absolute Gasteiger partial charge is 0.510 e. The molecule has 4 atom stereocenters. The summed E-state index contributed by atoms with van der Waals surface area (Å²) in [4.78, 5) is 61.7. The van der Waals surface area contributed by atoms with E-state index in [1.807, 2.05) is 6.07 Å². The number of hydrogen-bond donors (Lipinski definition) is 6. The van der Waals surface area contributed by atoms with Gasteiger partial charge in [-0.05, 0) is 44.5 Å². The van der Waals surface area contributed by atoms with Gasteiger partial charge in [0.05, 0.1) is 17.3 Å². The number of nitrogens with two attached hydrogens (primary N) is 1. The van der Waals surface area contributed by atoms with Crippen molar-refractivity contribution >= 4 is 34.6 Å². The minimum absolute atomic E-state index is 0.00806. The highest BCUT2D eigenvalue weighted by molar-refractivity contribution is 6.25. The minimum atomic E-state index is -2.77. The van der Waals surface area contributed by atoms with Gasteiger partial charge in [0.2, 0.25) is 5.78 Å². The summed E-state index contributed by atoms with van der Waals surface area (Å²) >= 11 is 0. The van der Waals surface area contributed by atoms with Gasteiger partial charge < -0.3 is 30.4 Å². The maximum Gasteiger partial charge on any atom is 0.302 e. The van der Waals surface area contributed by atoms with Crippen LogP contribution in [0, 0.1) is 17.4 Å². The molecule has 2 aromatic rings. The number of likely N-dealkylation sites (N-methyl/N-ethyl adjacent to an activating group) is 1. The van der Waals surface area contributed by atoms with Crippen molar-refractivity contribution in [1.82, 2.24) is 4.90 Å². The Morgan fingerprint density at radius 3 is 2.41 bits per heavy atom. The first kappa shape index (κ1) is 32.5. The molecule has 0 radical (unpaired) electrons. The van der Waals surface area contributed by atoms with Gasteiger partial charge in [-0.25, -0.2) is 5.53 Å². The monoisotopic (exact) mass is 632 g/mol. The Labute approximate surface area is 264 Å². The number of fused-ring (bicyclic) bond motifs is 3. The van der Waals surface area contributed by atoms with Gasteiger partial charge in [-0.1, -0.05) is 30.3 Å². The number of nitrogens with one attached hydrogen (secondary N) is 2. The van der Waals surface area contributed by atoms with E-state index < -0.39 is 58.0 Å². The summed E-state index contributed by atoms with van der Waals surface area (Å²) in [6.45, 7) is 0.177. The van der Waals surface area contributed by atoms with Crippen LogP contribution in [-0.4, -0.2) is 89.9 Å². The number of carbonyl (C=O) groups excluding carboxylic acids is 4. The van der Waals surface area contributed by atoms with Crippen molar-refractivity contribution in [2.45, 2.75) is 30.9 Å². The third-order valence-electron chi connectivity index (χ3n) is 9.11. The average molecular weight is 633 g/mol. The zero-order valence-electron chi connectivity index (χ0n) is 25.8. The third-order valence-corrected chi connectivity index (χ3v) is 9.11. The highest BCUT2D eigenvalue weighted by atomic mass is 16.6. The zero-order valence-corrected chi connectivity index (χ0v) is 25.8. The molecule has 14 nitrogen and oxygen atoms in total. The molecule has 0 saturated heterocycles. The van der Waals surface area contributed by atoms with Crippen molar-refractivity contribution in [3.63, 3.8) is 0 Å². The number of aliphatic hydroxyl groups is 3. The van der Waals surface area contributed by atoms with Gasteiger partial charge in [0.15, 0.2) is 22.9 Å². The quantitative estimate of drug-likeness (QED) is 0.102. The van der Waals surface area contributed by atoms with Gasteiger partial charge in [0.1, 0.15) is 17.1 Å². The molecular formula is C32H36N6O8. The number of benzene rings is 2.